The summed E-state index contributed by atoms with van der Waals surface area (Å²) >= 11 is 13.9. The van der Waals surface area contributed by atoms with Gasteiger partial charge < -0.3 is 10.1 Å². The second-order valence-corrected chi connectivity index (χ2v) is 10.8. The fraction of sp³-hybridized carbons (Fsp3) is 0.200. The molecule has 0 radical (unpaired) electrons. The van der Waals surface area contributed by atoms with Crippen molar-refractivity contribution in [1.29, 1.82) is 0 Å². The van der Waals surface area contributed by atoms with E-state index in [1.807, 2.05) is 60.7 Å². The minimum Gasteiger partial charge on any atom is -0.488 e. The molecule has 0 fully saturated rings. The molecule has 0 saturated carbocycles. The second-order valence-electron chi connectivity index (χ2n) is 8.88. The van der Waals surface area contributed by atoms with E-state index >= 15 is 0 Å². The third kappa shape index (κ3) is 6.24. The summed E-state index contributed by atoms with van der Waals surface area (Å²) in [5.41, 5.74) is 4.60. The Hall–Kier alpha value is -3.12. The molecule has 0 aliphatic heterocycles. The lowest BCUT2D eigenvalue weighted by Crippen LogP contribution is -2.24. The summed E-state index contributed by atoms with van der Waals surface area (Å²) in [6.07, 6.45) is 5.93. The van der Waals surface area contributed by atoms with Crippen molar-refractivity contribution >= 4 is 51.7 Å². The minimum atomic E-state index is -0.0719. The molecule has 37 heavy (non-hydrogen) atoms. The zero-order chi connectivity index (χ0) is 25.6. The van der Waals surface area contributed by atoms with Gasteiger partial charge in [-0.05, 0) is 61.1 Å². The maximum absolute atomic E-state index is 13.3. The number of hydrogen-bond acceptors (Lipinski definition) is 4. The van der Waals surface area contributed by atoms with Crippen LogP contribution < -0.4 is 10.1 Å². The molecule has 188 valence electrons. The van der Waals surface area contributed by atoms with E-state index in [1.165, 1.54) is 4.88 Å². The Morgan fingerprint density at radius 2 is 1.78 bits per heavy atom. The topological polar surface area (TPSA) is 50.7 Å². The summed E-state index contributed by atoms with van der Waals surface area (Å²) in [5, 5.41) is 4.99. The van der Waals surface area contributed by atoms with Gasteiger partial charge in [0, 0.05) is 38.8 Å². The van der Waals surface area contributed by atoms with E-state index < -0.39 is 0 Å². The predicted octanol–water partition coefficient (Wildman–Crippen LogP) is 8.19. The van der Waals surface area contributed by atoms with Gasteiger partial charge in [0.25, 0.3) is 5.91 Å². The highest BCUT2D eigenvalue weighted by Crippen LogP contribution is 2.40. The predicted molar refractivity (Wildman–Crippen MR) is 153 cm³/mol. The Labute approximate surface area is 230 Å². The molecule has 1 aromatic heterocycles. The molecule has 7 heteroatoms. The maximum atomic E-state index is 13.3. The van der Waals surface area contributed by atoms with E-state index in [-0.39, 0.29) is 5.91 Å². The van der Waals surface area contributed by atoms with Crippen LogP contribution in [-0.4, -0.2) is 12.1 Å². The second kappa shape index (κ2) is 12.0. The summed E-state index contributed by atoms with van der Waals surface area (Å²) in [5.74, 6) is 0.617. The number of ether oxygens (including phenoxy) is 1. The number of amides is 1. The van der Waals surface area contributed by atoms with Crippen LogP contribution in [0.3, 0.4) is 0 Å². The highest BCUT2D eigenvalue weighted by molar-refractivity contribution is 7.16. The van der Waals surface area contributed by atoms with Crippen molar-refractivity contribution in [2.75, 3.05) is 0 Å². The zero-order valence-corrected chi connectivity index (χ0v) is 22.5. The first-order chi connectivity index (χ1) is 18.1. The van der Waals surface area contributed by atoms with Crippen LogP contribution in [0.5, 0.6) is 5.75 Å². The van der Waals surface area contributed by atoms with E-state index in [0.29, 0.717) is 34.5 Å². The van der Waals surface area contributed by atoms with Crippen molar-refractivity contribution in [2.24, 2.45) is 4.99 Å². The van der Waals surface area contributed by atoms with Crippen molar-refractivity contribution in [3.05, 3.63) is 116 Å². The lowest BCUT2D eigenvalue weighted by Gasteiger charge is -2.13. The summed E-state index contributed by atoms with van der Waals surface area (Å²) in [7, 11) is 0. The lowest BCUT2D eigenvalue weighted by molar-refractivity contribution is 0.0951. The number of aliphatic imine (C=N–C) groups is 1. The number of halogens is 2. The molecule has 0 saturated heterocycles. The van der Waals surface area contributed by atoms with Crippen LogP contribution in [-0.2, 0) is 26.0 Å². The van der Waals surface area contributed by atoms with Crippen LogP contribution in [0.2, 0.25) is 10.0 Å². The Morgan fingerprint density at radius 3 is 2.62 bits per heavy atom. The van der Waals surface area contributed by atoms with Gasteiger partial charge in [0.2, 0.25) is 0 Å². The normalized spacial score (nSPS) is 12.9. The number of rotatable bonds is 8. The highest BCUT2D eigenvalue weighted by atomic mass is 35.5. The molecule has 1 aliphatic rings. The minimum absolute atomic E-state index is 0.0719. The van der Waals surface area contributed by atoms with E-state index in [2.05, 4.69) is 5.32 Å². The molecular weight excluding hydrogens is 523 g/mol. The van der Waals surface area contributed by atoms with E-state index in [9.17, 15) is 4.79 Å². The Morgan fingerprint density at radius 1 is 1.00 bits per heavy atom. The third-order valence-electron chi connectivity index (χ3n) is 6.31. The number of hydrogen-bond donors (Lipinski definition) is 1. The number of nitrogens with zero attached hydrogens (tertiary/aromatic N) is 1. The lowest BCUT2D eigenvalue weighted by atomic mass is 9.95. The quantitative estimate of drug-likeness (QED) is 0.225. The van der Waals surface area contributed by atoms with Gasteiger partial charge >= 0.3 is 0 Å². The molecule has 0 bridgehead atoms. The number of fused-ring (bicyclic) bond motifs is 1. The zero-order valence-electron chi connectivity index (χ0n) is 20.2. The standard InChI is InChI=1S/C30H26Cl2N2O2S/c31-23-15-14-22(25(32)16-23)19-36-26-12-6-4-10-21(26)18-34-30-28(24-11-5-7-13-27(24)37-30)29(35)33-17-20-8-2-1-3-9-20/h1-4,6,8-10,12,14-16,18H,5,7,11,13,17,19H2,(H,33,35). The molecule has 1 N–H and O–H groups in total. The first-order valence-corrected chi connectivity index (χ1v) is 13.8. The van der Waals surface area contributed by atoms with E-state index in [1.54, 1.807) is 29.7 Å². The molecule has 0 unspecified atom stereocenters. The SMILES string of the molecule is O=C(NCc1ccccc1)c1c(N=Cc2ccccc2OCc2ccc(Cl)cc2Cl)sc2c1CCCC2. The third-order valence-corrected chi connectivity index (χ3v) is 8.10. The average molecular weight is 550 g/mol. The maximum Gasteiger partial charge on any atom is 0.254 e. The fourth-order valence-electron chi connectivity index (χ4n) is 4.38. The number of para-hydroxylation sites is 1. The van der Waals surface area contributed by atoms with Crippen LogP contribution in [0.25, 0.3) is 0 Å². The number of benzene rings is 3. The smallest absolute Gasteiger partial charge is 0.254 e. The van der Waals surface area contributed by atoms with Crippen LogP contribution in [0, 0.1) is 0 Å². The molecule has 4 aromatic rings. The largest absolute Gasteiger partial charge is 0.488 e. The van der Waals surface area contributed by atoms with Crippen molar-refractivity contribution in [2.45, 2.75) is 38.8 Å². The van der Waals surface area contributed by atoms with Gasteiger partial charge in [-0.1, -0.05) is 71.7 Å². The van der Waals surface area contributed by atoms with Crippen LogP contribution in [0.15, 0.2) is 77.8 Å². The Kier molecular flexibility index (Phi) is 8.24. The average Bonchev–Trinajstić information content (AvgIpc) is 3.29. The monoisotopic (exact) mass is 548 g/mol. The van der Waals surface area contributed by atoms with Crippen molar-refractivity contribution < 1.29 is 9.53 Å². The fourth-order valence-corrected chi connectivity index (χ4v) is 6.08. The van der Waals surface area contributed by atoms with Crippen LogP contribution in [0.1, 0.15) is 50.3 Å². The molecule has 5 rings (SSSR count). The number of nitrogens with one attached hydrogen (secondary N) is 1. The number of thiophene rings is 1. The molecule has 0 atom stereocenters. The van der Waals surface area contributed by atoms with Crippen LogP contribution in [0.4, 0.5) is 5.00 Å². The van der Waals surface area contributed by atoms with Gasteiger partial charge in [-0.15, -0.1) is 11.3 Å². The molecular formula is C30H26Cl2N2O2S. The summed E-state index contributed by atoms with van der Waals surface area (Å²) in [6, 6.07) is 23.0. The Balaban J connectivity index is 1.37. The van der Waals surface area contributed by atoms with Crippen molar-refractivity contribution in [3.63, 3.8) is 0 Å². The Bertz CT molecular complexity index is 1430. The molecule has 1 amide bonds. The molecule has 1 aliphatic carbocycles. The van der Waals surface area contributed by atoms with E-state index in [0.717, 1.165) is 52.9 Å². The van der Waals surface area contributed by atoms with Crippen molar-refractivity contribution in [1.82, 2.24) is 5.32 Å². The summed E-state index contributed by atoms with van der Waals surface area (Å²) in [6.45, 7) is 0.790. The molecule has 4 nitrogen and oxygen atoms in total. The first-order valence-electron chi connectivity index (χ1n) is 12.2. The number of carbonyl (C=O) groups is 1. The van der Waals surface area contributed by atoms with Gasteiger partial charge in [0.1, 0.15) is 17.4 Å². The number of aryl methyl sites for hydroxylation is 1. The van der Waals surface area contributed by atoms with Crippen molar-refractivity contribution in [3.8, 4) is 5.75 Å². The molecule has 1 heterocycles. The summed E-state index contributed by atoms with van der Waals surface area (Å²) in [4.78, 5) is 19.4. The highest BCUT2D eigenvalue weighted by Gasteiger charge is 2.25. The van der Waals surface area contributed by atoms with Gasteiger partial charge in [0.15, 0.2) is 0 Å². The first kappa shape index (κ1) is 25.5. The van der Waals surface area contributed by atoms with E-state index in [4.69, 9.17) is 32.9 Å². The molecule has 3 aromatic carbocycles. The van der Waals surface area contributed by atoms with Gasteiger partial charge in [-0.3, -0.25) is 4.79 Å². The van der Waals surface area contributed by atoms with Gasteiger partial charge in [0.05, 0.1) is 5.56 Å². The summed E-state index contributed by atoms with van der Waals surface area (Å²) < 4.78 is 6.08. The molecule has 0 spiro atoms. The van der Waals surface area contributed by atoms with Crippen LogP contribution >= 0.6 is 34.5 Å². The van der Waals surface area contributed by atoms with Gasteiger partial charge in [-0.2, -0.15) is 0 Å². The number of carbonyl (C=O) groups excluding carboxylic acids is 1. The van der Waals surface area contributed by atoms with Gasteiger partial charge in [-0.25, -0.2) is 4.99 Å².